The van der Waals surface area contributed by atoms with Crippen LogP contribution in [0, 0.1) is 17.6 Å². The van der Waals surface area contributed by atoms with E-state index in [1.807, 2.05) is 0 Å². The van der Waals surface area contributed by atoms with Crippen LogP contribution >= 0.6 is 20.7 Å². The van der Waals surface area contributed by atoms with Crippen LogP contribution in [0.25, 0.3) is 0 Å². The van der Waals surface area contributed by atoms with Gasteiger partial charge < -0.3 is 14.5 Å². The largest absolute Gasteiger partial charge is 0.378 e. The molecule has 1 fully saturated rings. The van der Waals surface area contributed by atoms with E-state index in [0.29, 0.717) is 36.2 Å². The fourth-order valence-electron chi connectivity index (χ4n) is 4.32. The Kier molecular flexibility index (Phi) is 9.87. The van der Waals surface area contributed by atoms with Gasteiger partial charge in [0.15, 0.2) is 3.69 Å². The molecule has 7 nitrogen and oxygen atoms in total. The lowest BCUT2D eigenvalue weighted by molar-refractivity contribution is 0.0839. The molecule has 0 aliphatic carbocycles. The molecule has 37 heavy (non-hydrogen) atoms. The Hall–Kier alpha value is -2.57. The number of ether oxygens (including phenoxy) is 1. The summed E-state index contributed by atoms with van der Waals surface area (Å²) in [6.45, 7) is 5.56. The van der Waals surface area contributed by atoms with Gasteiger partial charge in [-0.1, -0.05) is 5.16 Å². The minimum absolute atomic E-state index is 0.243. The lowest BCUT2D eigenvalue weighted by Gasteiger charge is -2.32. The molecule has 2 heterocycles. The minimum atomic E-state index is -0.395. The number of halogens is 3. The van der Waals surface area contributed by atoms with Crippen LogP contribution in [0.15, 0.2) is 58.7 Å². The molecule has 2 aliphatic heterocycles. The number of piperidine rings is 1. The maximum absolute atomic E-state index is 13.4. The van der Waals surface area contributed by atoms with E-state index in [0.717, 1.165) is 46.3 Å². The molecule has 0 atom stereocenters. The molecule has 0 unspecified atom stereocenters. The topological polar surface area (TPSA) is 66.7 Å². The van der Waals surface area contributed by atoms with Gasteiger partial charge in [0, 0.05) is 25.1 Å². The zero-order valence-corrected chi connectivity index (χ0v) is 23.2. The minimum Gasteiger partial charge on any atom is -0.378 e. The third-order valence-corrected chi connectivity index (χ3v) is 9.05. The molecule has 0 radical (unpaired) electrons. The number of hydrogen-bond acceptors (Lipinski definition) is 6. The molecule has 10 heteroatoms. The third-order valence-electron chi connectivity index (χ3n) is 6.31. The van der Waals surface area contributed by atoms with Crippen molar-refractivity contribution in [2.45, 2.75) is 26.2 Å². The first-order valence-corrected chi connectivity index (χ1v) is 14.4. The Labute approximate surface area is 225 Å². The molecule has 0 bridgehead atoms. The SMILES string of the molecule is COCC1=NOC(C2CCN(CCCN(C(=O)c3ccc(F)cc3)C(C)=Nc3ccc(F)cc3)CC2)=I1. The number of carbonyl (C=O) groups is 1. The summed E-state index contributed by atoms with van der Waals surface area (Å²) >= 11 is -0.320. The second-order valence-corrected chi connectivity index (χ2v) is 11.8. The van der Waals surface area contributed by atoms with Crippen molar-refractivity contribution in [3.05, 3.63) is 65.7 Å². The fraction of sp³-hybridized carbons (Fsp3) is 0.407. The number of methoxy groups -OCH3 is 1. The summed E-state index contributed by atoms with van der Waals surface area (Å²) in [7, 11) is 1.67. The van der Waals surface area contributed by atoms with Gasteiger partial charge in [-0.25, -0.2) is 13.8 Å². The van der Waals surface area contributed by atoms with Gasteiger partial charge in [-0.15, -0.1) is 0 Å². The van der Waals surface area contributed by atoms with Gasteiger partial charge in [0.25, 0.3) is 5.91 Å². The quantitative estimate of drug-likeness (QED) is 0.215. The van der Waals surface area contributed by atoms with Crippen LogP contribution in [-0.4, -0.2) is 68.9 Å². The zero-order chi connectivity index (χ0) is 26.2. The Morgan fingerprint density at radius 2 is 1.78 bits per heavy atom. The summed E-state index contributed by atoms with van der Waals surface area (Å²) in [5.41, 5.74) is 0.952. The summed E-state index contributed by atoms with van der Waals surface area (Å²) in [5, 5.41) is 4.17. The first kappa shape index (κ1) is 27.5. The number of hydrogen-bond donors (Lipinski definition) is 0. The first-order chi connectivity index (χ1) is 17.9. The number of amides is 1. The van der Waals surface area contributed by atoms with Crippen LogP contribution in [0.3, 0.4) is 0 Å². The molecular weight excluding hydrogens is 593 g/mol. The molecule has 1 saturated heterocycles. The Morgan fingerprint density at radius 3 is 2.43 bits per heavy atom. The van der Waals surface area contributed by atoms with E-state index >= 15 is 0 Å². The Balaban J connectivity index is 1.35. The van der Waals surface area contributed by atoms with Crippen LogP contribution in [0.4, 0.5) is 14.5 Å². The van der Waals surface area contributed by atoms with E-state index in [2.05, 4.69) is 15.0 Å². The molecular formula is C27H31F2IN4O3. The van der Waals surface area contributed by atoms with Crippen molar-refractivity contribution >= 4 is 45.6 Å². The molecule has 1 amide bonds. The number of nitrogens with zero attached hydrogens (tertiary/aromatic N) is 4. The zero-order valence-electron chi connectivity index (χ0n) is 21.0. The number of carbonyl (C=O) groups excluding carboxylic acids is 1. The summed E-state index contributed by atoms with van der Waals surface area (Å²) in [6, 6.07) is 11.3. The lowest BCUT2D eigenvalue weighted by Crippen LogP contribution is -2.40. The van der Waals surface area contributed by atoms with E-state index in [1.165, 1.54) is 36.4 Å². The molecule has 198 valence electrons. The normalized spacial score (nSPS) is 17.0. The highest BCUT2D eigenvalue weighted by Gasteiger charge is 2.27. The average molecular weight is 624 g/mol. The highest BCUT2D eigenvalue weighted by atomic mass is 127. The van der Waals surface area contributed by atoms with Crippen molar-refractivity contribution in [1.82, 2.24) is 9.80 Å². The number of likely N-dealkylation sites (tertiary alicyclic amines) is 1. The second kappa shape index (κ2) is 13.3. The third kappa shape index (κ3) is 7.71. The molecule has 2 aliphatic rings. The van der Waals surface area contributed by atoms with Crippen molar-refractivity contribution in [3.8, 4) is 0 Å². The Bertz CT molecular complexity index is 1160. The summed E-state index contributed by atoms with van der Waals surface area (Å²) in [6.07, 6.45) is 2.83. The van der Waals surface area contributed by atoms with E-state index in [1.54, 1.807) is 31.1 Å². The highest BCUT2D eigenvalue weighted by Crippen LogP contribution is 2.27. The van der Waals surface area contributed by atoms with Gasteiger partial charge in [0.1, 0.15) is 21.2 Å². The van der Waals surface area contributed by atoms with Crippen molar-refractivity contribution in [2.24, 2.45) is 16.1 Å². The van der Waals surface area contributed by atoms with Gasteiger partial charge in [0.05, 0.1) is 12.3 Å². The molecule has 0 spiro atoms. The van der Waals surface area contributed by atoms with Crippen LogP contribution in [0.1, 0.15) is 36.5 Å². The number of amidine groups is 1. The van der Waals surface area contributed by atoms with Crippen molar-refractivity contribution in [3.63, 3.8) is 0 Å². The maximum atomic E-state index is 13.4. The standard InChI is InChI=1S/C27H31F2IN4O3/c1-19(31-24-10-8-23(29)9-11-24)34(27(35)21-4-6-22(28)7-5-21)15-3-14-33-16-12-20(13-17-33)26-30-25(18-36-2)32-37-26/h4-11,20H,3,12-18H2,1-2H3. The van der Waals surface area contributed by atoms with Crippen LogP contribution in [0.2, 0.25) is 0 Å². The van der Waals surface area contributed by atoms with E-state index in [-0.39, 0.29) is 32.5 Å². The summed E-state index contributed by atoms with van der Waals surface area (Å²) < 4.78 is 34.1. The van der Waals surface area contributed by atoms with E-state index in [9.17, 15) is 13.6 Å². The summed E-state index contributed by atoms with van der Waals surface area (Å²) in [4.78, 5) is 27.5. The molecule has 0 saturated carbocycles. The van der Waals surface area contributed by atoms with Crippen molar-refractivity contribution in [2.75, 3.05) is 39.9 Å². The summed E-state index contributed by atoms with van der Waals surface area (Å²) in [5.74, 6) is -0.0306. The maximum Gasteiger partial charge on any atom is 0.259 e. The Morgan fingerprint density at radius 1 is 1.14 bits per heavy atom. The smallest absolute Gasteiger partial charge is 0.259 e. The molecule has 2 aromatic rings. The van der Waals surface area contributed by atoms with Gasteiger partial charge in [-0.3, -0.25) is 9.69 Å². The van der Waals surface area contributed by atoms with Crippen LogP contribution in [0.5, 0.6) is 0 Å². The predicted molar refractivity (Wildman–Crippen MR) is 150 cm³/mol. The lowest BCUT2D eigenvalue weighted by atomic mass is 9.98. The monoisotopic (exact) mass is 624 g/mol. The van der Waals surface area contributed by atoms with Gasteiger partial charge in [0.2, 0.25) is 0 Å². The molecule has 0 aromatic heterocycles. The first-order valence-electron chi connectivity index (χ1n) is 12.3. The van der Waals surface area contributed by atoms with Gasteiger partial charge in [-0.2, -0.15) is 0 Å². The molecule has 4 rings (SSSR count). The van der Waals surface area contributed by atoms with Gasteiger partial charge >= 0.3 is 0 Å². The van der Waals surface area contributed by atoms with Crippen LogP contribution in [-0.2, 0) is 9.57 Å². The van der Waals surface area contributed by atoms with Crippen LogP contribution < -0.4 is 0 Å². The van der Waals surface area contributed by atoms with E-state index in [4.69, 9.17) is 9.57 Å². The van der Waals surface area contributed by atoms with E-state index < -0.39 is 5.82 Å². The number of aliphatic imine (C=N–C) groups is 1. The average Bonchev–Trinajstić information content (AvgIpc) is 3.37. The number of rotatable bonds is 9. The van der Waals surface area contributed by atoms with Crippen molar-refractivity contribution in [1.29, 1.82) is 0 Å². The number of benzene rings is 2. The number of oxime groups is 1. The predicted octanol–water partition coefficient (Wildman–Crippen LogP) is 5.35. The molecule has 0 N–H and O–H groups in total. The highest BCUT2D eigenvalue weighted by molar-refractivity contribution is 14.2. The molecule has 2 aromatic carbocycles. The second-order valence-electron chi connectivity index (χ2n) is 8.96. The fourth-order valence-corrected chi connectivity index (χ4v) is 6.85. The van der Waals surface area contributed by atoms with Gasteiger partial charge in [-0.05, 0) is 115 Å². The van der Waals surface area contributed by atoms with Crippen molar-refractivity contribution < 1.29 is 23.1 Å².